The summed E-state index contributed by atoms with van der Waals surface area (Å²) >= 11 is 3.49. The molecular weight excluding hydrogens is 387 g/mol. The van der Waals surface area contributed by atoms with Gasteiger partial charge in [0, 0.05) is 4.47 Å². The summed E-state index contributed by atoms with van der Waals surface area (Å²) in [6.07, 6.45) is 12.5. The van der Waals surface area contributed by atoms with E-state index in [-0.39, 0.29) is 6.67 Å². The fourth-order valence-electron chi connectivity index (χ4n) is 3.90. The van der Waals surface area contributed by atoms with Gasteiger partial charge in [0.05, 0.1) is 6.67 Å². The first kappa shape index (κ1) is 19.4. The molecule has 0 saturated heterocycles. The van der Waals surface area contributed by atoms with E-state index >= 15 is 0 Å². The Kier molecular flexibility index (Phi) is 7.49. The highest BCUT2D eigenvalue weighted by atomic mass is 79.9. The number of halogens is 2. The number of benzene rings is 2. The van der Waals surface area contributed by atoms with Crippen LogP contribution in [-0.2, 0) is 6.42 Å². The van der Waals surface area contributed by atoms with Gasteiger partial charge < -0.3 is 0 Å². The molecule has 3 rings (SSSR count). The lowest BCUT2D eigenvalue weighted by molar-refractivity contribution is 0.296. The Hall–Kier alpha value is -1.41. The number of allylic oxidation sites excluding steroid dienone is 2. The normalized spacial score (nSPS) is 20.5. The molecule has 0 N–H and O–H groups in total. The Morgan fingerprint density at radius 3 is 2.12 bits per heavy atom. The molecular formula is C24H28BrF. The predicted octanol–water partition coefficient (Wildman–Crippen LogP) is 7.77. The number of hydrogen-bond donors (Lipinski definition) is 0. The second-order valence-corrected chi connectivity index (χ2v) is 8.34. The number of alkyl halides is 1. The van der Waals surface area contributed by atoms with Gasteiger partial charge in [-0.1, -0.05) is 64.5 Å². The molecule has 1 aliphatic rings. The fourth-order valence-corrected chi connectivity index (χ4v) is 4.16. The van der Waals surface area contributed by atoms with Gasteiger partial charge in [0.15, 0.2) is 0 Å². The van der Waals surface area contributed by atoms with Gasteiger partial charge in [-0.3, -0.25) is 4.39 Å². The van der Waals surface area contributed by atoms with Gasteiger partial charge in [-0.05, 0) is 85.6 Å². The van der Waals surface area contributed by atoms with Gasteiger partial charge >= 0.3 is 0 Å². The summed E-state index contributed by atoms with van der Waals surface area (Å²) in [6, 6.07) is 17.5. The molecule has 26 heavy (non-hydrogen) atoms. The number of hydrogen-bond acceptors (Lipinski definition) is 0. The van der Waals surface area contributed by atoms with Gasteiger partial charge in [-0.2, -0.15) is 0 Å². The summed E-state index contributed by atoms with van der Waals surface area (Å²) in [4.78, 5) is 0. The van der Waals surface area contributed by atoms with E-state index in [9.17, 15) is 4.39 Å². The van der Waals surface area contributed by atoms with E-state index in [1.165, 1.54) is 55.2 Å². The second-order valence-electron chi connectivity index (χ2n) is 7.43. The van der Waals surface area contributed by atoms with Crippen LogP contribution >= 0.6 is 15.9 Å². The monoisotopic (exact) mass is 414 g/mol. The van der Waals surface area contributed by atoms with Gasteiger partial charge in [-0.15, -0.1) is 0 Å². The van der Waals surface area contributed by atoms with Crippen LogP contribution in [0.3, 0.4) is 0 Å². The molecule has 0 aromatic heterocycles. The van der Waals surface area contributed by atoms with Crippen LogP contribution in [0.5, 0.6) is 0 Å². The summed E-state index contributed by atoms with van der Waals surface area (Å²) in [7, 11) is 0. The predicted molar refractivity (Wildman–Crippen MR) is 113 cm³/mol. The quantitative estimate of drug-likeness (QED) is 0.405. The van der Waals surface area contributed by atoms with Crippen LogP contribution in [0.4, 0.5) is 4.39 Å². The van der Waals surface area contributed by atoms with Crippen molar-refractivity contribution in [3.05, 3.63) is 70.7 Å². The van der Waals surface area contributed by atoms with Crippen molar-refractivity contribution in [2.24, 2.45) is 11.8 Å². The molecule has 0 spiro atoms. The van der Waals surface area contributed by atoms with Crippen LogP contribution in [0.1, 0.15) is 44.1 Å². The Morgan fingerprint density at radius 2 is 1.50 bits per heavy atom. The van der Waals surface area contributed by atoms with E-state index in [1.807, 2.05) is 6.08 Å². The largest absolute Gasteiger partial charge is 0.251 e. The molecule has 0 atom stereocenters. The summed E-state index contributed by atoms with van der Waals surface area (Å²) in [5.41, 5.74) is 3.98. The molecule has 0 unspecified atom stereocenters. The van der Waals surface area contributed by atoms with Crippen LogP contribution in [0.2, 0.25) is 0 Å². The van der Waals surface area contributed by atoms with Crippen molar-refractivity contribution in [2.75, 3.05) is 6.67 Å². The summed E-state index contributed by atoms with van der Waals surface area (Å²) in [5, 5.41) is 0. The van der Waals surface area contributed by atoms with Gasteiger partial charge in [-0.25, -0.2) is 0 Å². The highest BCUT2D eigenvalue weighted by Gasteiger charge is 2.19. The van der Waals surface area contributed by atoms with E-state index in [0.717, 1.165) is 10.4 Å². The molecule has 1 aliphatic carbocycles. The lowest BCUT2D eigenvalue weighted by Crippen LogP contribution is -2.13. The maximum absolute atomic E-state index is 12.2. The SMILES string of the molecule is FCCC=CC1CCC(CCc2ccc(-c3ccc(Br)cc3)cc2)CC1. The Morgan fingerprint density at radius 1 is 0.885 bits per heavy atom. The van der Waals surface area contributed by atoms with Crippen molar-refractivity contribution in [1.29, 1.82) is 0 Å². The van der Waals surface area contributed by atoms with Crippen LogP contribution in [-0.4, -0.2) is 6.67 Å². The third-order valence-corrected chi connectivity index (χ3v) is 6.08. The Labute approximate surface area is 165 Å². The molecule has 138 valence electrons. The summed E-state index contributed by atoms with van der Waals surface area (Å²) in [5.74, 6) is 1.54. The van der Waals surface area contributed by atoms with Gasteiger partial charge in [0.2, 0.25) is 0 Å². The van der Waals surface area contributed by atoms with Crippen molar-refractivity contribution in [3.8, 4) is 11.1 Å². The number of aryl methyl sites for hydroxylation is 1. The van der Waals surface area contributed by atoms with E-state index in [2.05, 4.69) is 70.5 Å². The van der Waals surface area contributed by atoms with Crippen molar-refractivity contribution in [2.45, 2.75) is 44.9 Å². The molecule has 0 bridgehead atoms. The van der Waals surface area contributed by atoms with E-state index in [0.29, 0.717) is 12.3 Å². The van der Waals surface area contributed by atoms with Crippen molar-refractivity contribution < 1.29 is 4.39 Å². The van der Waals surface area contributed by atoms with Crippen molar-refractivity contribution in [1.82, 2.24) is 0 Å². The van der Waals surface area contributed by atoms with Crippen LogP contribution in [0.25, 0.3) is 11.1 Å². The van der Waals surface area contributed by atoms with Crippen LogP contribution in [0, 0.1) is 11.8 Å². The molecule has 1 fully saturated rings. The zero-order chi connectivity index (χ0) is 18.2. The standard InChI is InChI=1S/C24H28BrF/c25-24-16-14-23(15-17-24)22-12-10-21(11-13-22)9-8-20-6-4-19(5-7-20)3-1-2-18-26/h1,3,10-17,19-20H,2,4-9,18H2. The van der Waals surface area contributed by atoms with E-state index in [4.69, 9.17) is 0 Å². The Balaban J connectivity index is 1.45. The molecule has 0 aliphatic heterocycles. The average Bonchev–Trinajstić information content (AvgIpc) is 2.69. The average molecular weight is 415 g/mol. The molecule has 2 aromatic carbocycles. The summed E-state index contributed by atoms with van der Waals surface area (Å²) in [6.45, 7) is -0.230. The maximum atomic E-state index is 12.2. The first-order valence-electron chi connectivity index (χ1n) is 9.82. The highest BCUT2D eigenvalue weighted by molar-refractivity contribution is 9.10. The molecule has 0 heterocycles. The first-order valence-corrected chi connectivity index (χ1v) is 10.6. The second kappa shape index (κ2) is 10.1. The minimum absolute atomic E-state index is 0.230. The van der Waals surface area contributed by atoms with Crippen LogP contribution < -0.4 is 0 Å². The Bertz CT molecular complexity index is 679. The summed E-state index contributed by atoms with van der Waals surface area (Å²) < 4.78 is 13.3. The minimum Gasteiger partial charge on any atom is -0.251 e. The molecule has 0 nitrogen and oxygen atoms in total. The minimum atomic E-state index is -0.230. The van der Waals surface area contributed by atoms with Crippen molar-refractivity contribution in [3.63, 3.8) is 0 Å². The third kappa shape index (κ3) is 5.81. The molecule has 0 radical (unpaired) electrons. The van der Waals surface area contributed by atoms with Crippen molar-refractivity contribution >= 4 is 15.9 Å². The molecule has 0 amide bonds. The first-order chi connectivity index (χ1) is 12.7. The maximum Gasteiger partial charge on any atom is 0.0928 e. The molecule has 2 heteroatoms. The lowest BCUT2D eigenvalue weighted by atomic mass is 9.79. The van der Waals surface area contributed by atoms with Gasteiger partial charge in [0.1, 0.15) is 0 Å². The third-order valence-electron chi connectivity index (χ3n) is 5.55. The van der Waals surface area contributed by atoms with E-state index < -0.39 is 0 Å². The lowest BCUT2D eigenvalue weighted by Gasteiger charge is -2.26. The zero-order valence-electron chi connectivity index (χ0n) is 15.3. The number of rotatable bonds is 7. The smallest absolute Gasteiger partial charge is 0.0928 e. The van der Waals surface area contributed by atoms with Crippen LogP contribution in [0.15, 0.2) is 65.2 Å². The highest BCUT2D eigenvalue weighted by Crippen LogP contribution is 2.32. The topological polar surface area (TPSA) is 0 Å². The van der Waals surface area contributed by atoms with Gasteiger partial charge in [0.25, 0.3) is 0 Å². The fraction of sp³-hybridized carbons (Fsp3) is 0.417. The zero-order valence-corrected chi connectivity index (χ0v) is 16.9. The van der Waals surface area contributed by atoms with E-state index in [1.54, 1.807) is 0 Å². The molecule has 2 aromatic rings. The molecule has 1 saturated carbocycles.